The van der Waals surface area contributed by atoms with Gasteiger partial charge in [0.2, 0.25) is 11.6 Å². The van der Waals surface area contributed by atoms with Crippen LogP contribution in [0.15, 0.2) is 78.1 Å². The van der Waals surface area contributed by atoms with E-state index in [1.165, 1.54) is 24.3 Å². The molecule has 4 rings (SSSR count). The number of hydrogen-bond acceptors (Lipinski definition) is 8. The van der Waals surface area contributed by atoms with Crippen LogP contribution in [0.3, 0.4) is 0 Å². The molecule has 184 valence electrons. The Bertz CT molecular complexity index is 1250. The van der Waals surface area contributed by atoms with Crippen LogP contribution in [0.5, 0.6) is 0 Å². The van der Waals surface area contributed by atoms with Crippen molar-refractivity contribution in [2.75, 3.05) is 6.61 Å². The van der Waals surface area contributed by atoms with Crippen LogP contribution in [-0.4, -0.2) is 59.4 Å². The van der Waals surface area contributed by atoms with Gasteiger partial charge in [-0.1, -0.05) is 41.5 Å². The van der Waals surface area contributed by atoms with Gasteiger partial charge in [-0.3, -0.25) is 14.5 Å². The van der Waals surface area contributed by atoms with E-state index in [4.69, 9.17) is 19.7 Å². The zero-order chi connectivity index (χ0) is 25.7. The standard InChI is InChI=1S/C24H19FN4O7/c25-20-19(35-23(33)16-9-5-2-6-10-16)21(29-12-11-17(30)13-18(29)31)36-24(20,27-28-26)14-34-22(32)15-7-3-1-4-8-15/h1-12,19-21H,13-14H2/t19-,20+,21-,24-/m1/s1. The fourth-order valence-corrected chi connectivity index (χ4v) is 3.74. The second-order valence-corrected chi connectivity index (χ2v) is 7.88. The second kappa shape index (κ2) is 10.4. The monoisotopic (exact) mass is 494 g/mol. The quantitative estimate of drug-likeness (QED) is 0.189. The molecule has 2 heterocycles. The van der Waals surface area contributed by atoms with E-state index in [9.17, 15) is 19.2 Å². The fourth-order valence-electron chi connectivity index (χ4n) is 3.74. The van der Waals surface area contributed by atoms with Gasteiger partial charge in [0.1, 0.15) is 6.61 Å². The third-order valence-corrected chi connectivity index (χ3v) is 5.52. The number of halogens is 1. The van der Waals surface area contributed by atoms with Gasteiger partial charge in [-0.2, -0.15) is 0 Å². The maximum absolute atomic E-state index is 15.9. The second-order valence-electron chi connectivity index (χ2n) is 7.88. The number of alkyl halides is 1. The predicted octanol–water partition coefficient (Wildman–Crippen LogP) is 3.09. The van der Waals surface area contributed by atoms with Gasteiger partial charge in [-0.15, -0.1) is 0 Å². The summed E-state index contributed by atoms with van der Waals surface area (Å²) in [4.78, 5) is 52.8. The Morgan fingerprint density at radius 2 is 1.69 bits per heavy atom. The van der Waals surface area contributed by atoms with Crippen LogP contribution in [0, 0.1) is 0 Å². The van der Waals surface area contributed by atoms with Crippen molar-refractivity contribution in [3.8, 4) is 0 Å². The highest BCUT2D eigenvalue weighted by molar-refractivity contribution is 6.06. The van der Waals surface area contributed by atoms with E-state index in [0.29, 0.717) is 0 Å². The Morgan fingerprint density at radius 1 is 1.08 bits per heavy atom. The number of esters is 2. The Hall–Kier alpha value is -4.54. The average molecular weight is 494 g/mol. The van der Waals surface area contributed by atoms with Crippen molar-refractivity contribution in [3.05, 3.63) is 94.5 Å². The molecule has 11 nitrogen and oxygen atoms in total. The van der Waals surface area contributed by atoms with E-state index in [1.807, 2.05) is 0 Å². The van der Waals surface area contributed by atoms with Crippen LogP contribution in [-0.2, 0) is 23.8 Å². The lowest BCUT2D eigenvalue weighted by Crippen LogP contribution is -2.47. The highest BCUT2D eigenvalue weighted by atomic mass is 19.1. The van der Waals surface area contributed by atoms with Crippen LogP contribution < -0.4 is 0 Å². The maximum atomic E-state index is 15.9. The van der Waals surface area contributed by atoms with E-state index in [2.05, 4.69) is 10.0 Å². The third kappa shape index (κ3) is 4.95. The van der Waals surface area contributed by atoms with Crippen molar-refractivity contribution in [2.24, 2.45) is 5.11 Å². The van der Waals surface area contributed by atoms with Gasteiger partial charge < -0.3 is 14.2 Å². The molecule has 1 saturated heterocycles. The zero-order valence-corrected chi connectivity index (χ0v) is 18.6. The molecular formula is C24H19FN4O7. The molecule has 0 unspecified atom stereocenters. The first-order chi connectivity index (χ1) is 17.3. The number of benzene rings is 2. The topological polar surface area (TPSA) is 148 Å². The Labute approximate surface area is 203 Å². The van der Waals surface area contributed by atoms with Crippen molar-refractivity contribution in [1.29, 1.82) is 0 Å². The number of ether oxygens (including phenoxy) is 3. The van der Waals surface area contributed by atoms with Crippen LogP contribution in [0.1, 0.15) is 27.1 Å². The number of nitrogens with zero attached hydrogens (tertiary/aromatic N) is 4. The third-order valence-electron chi connectivity index (χ3n) is 5.52. The normalized spacial score (nSPS) is 25.2. The summed E-state index contributed by atoms with van der Waals surface area (Å²) in [5, 5.41) is 3.40. The minimum absolute atomic E-state index is 0.0935. The molecule has 0 N–H and O–H groups in total. The molecule has 0 radical (unpaired) electrons. The summed E-state index contributed by atoms with van der Waals surface area (Å²) in [7, 11) is 0. The summed E-state index contributed by atoms with van der Waals surface area (Å²) in [6.07, 6.45) is -4.14. The summed E-state index contributed by atoms with van der Waals surface area (Å²) in [6.45, 7) is -0.882. The van der Waals surface area contributed by atoms with Gasteiger partial charge in [-0.25, -0.2) is 14.0 Å². The number of carbonyl (C=O) groups is 4. The van der Waals surface area contributed by atoms with Crippen LogP contribution >= 0.6 is 0 Å². The first kappa shape index (κ1) is 24.6. The first-order valence-corrected chi connectivity index (χ1v) is 10.7. The molecule has 0 aromatic heterocycles. The van der Waals surface area contributed by atoms with E-state index in [1.54, 1.807) is 36.4 Å². The van der Waals surface area contributed by atoms with Gasteiger partial charge >= 0.3 is 11.9 Å². The molecule has 4 atom stereocenters. The van der Waals surface area contributed by atoms with Gasteiger partial charge in [0.25, 0.3) is 0 Å². The van der Waals surface area contributed by atoms with Gasteiger partial charge in [-0.05, 0) is 35.9 Å². The van der Waals surface area contributed by atoms with Crippen molar-refractivity contribution >= 4 is 23.6 Å². The summed E-state index contributed by atoms with van der Waals surface area (Å²) >= 11 is 0. The minimum Gasteiger partial charge on any atom is -0.459 e. The Morgan fingerprint density at radius 3 is 2.28 bits per heavy atom. The largest absolute Gasteiger partial charge is 0.459 e. The van der Waals surface area contributed by atoms with Gasteiger partial charge in [0.15, 0.2) is 24.3 Å². The van der Waals surface area contributed by atoms with Crippen molar-refractivity contribution in [2.45, 2.75) is 30.6 Å². The van der Waals surface area contributed by atoms with E-state index in [0.717, 1.165) is 17.2 Å². The molecule has 0 saturated carbocycles. The number of carbonyl (C=O) groups excluding carboxylic acids is 4. The average Bonchev–Trinajstić information content (AvgIpc) is 3.15. The molecule has 1 amide bonds. The molecule has 2 aromatic rings. The first-order valence-electron chi connectivity index (χ1n) is 10.7. The van der Waals surface area contributed by atoms with E-state index >= 15 is 4.39 Å². The number of azide groups is 1. The lowest BCUT2D eigenvalue weighted by atomic mass is 10.1. The zero-order valence-electron chi connectivity index (χ0n) is 18.6. The number of hydrogen-bond donors (Lipinski definition) is 0. The molecule has 1 fully saturated rings. The molecule has 2 aromatic carbocycles. The molecule has 12 heteroatoms. The van der Waals surface area contributed by atoms with Crippen LogP contribution in [0.4, 0.5) is 4.39 Å². The smallest absolute Gasteiger partial charge is 0.338 e. The molecule has 0 bridgehead atoms. The number of rotatable bonds is 7. The van der Waals surface area contributed by atoms with Crippen LogP contribution in [0.2, 0.25) is 0 Å². The highest BCUT2D eigenvalue weighted by Crippen LogP contribution is 2.40. The predicted molar refractivity (Wildman–Crippen MR) is 120 cm³/mol. The highest BCUT2D eigenvalue weighted by Gasteiger charge is 2.61. The van der Waals surface area contributed by atoms with Crippen molar-refractivity contribution in [3.63, 3.8) is 0 Å². The molecule has 0 aliphatic carbocycles. The lowest BCUT2D eigenvalue weighted by Gasteiger charge is -2.30. The van der Waals surface area contributed by atoms with Crippen molar-refractivity contribution < 1.29 is 37.8 Å². The van der Waals surface area contributed by atoms with Crippen LogP contribution in [0.25, 0.3) is 10.4 Å². The number of amides is 1. The number of ketones is 1. The SMILES string of the molecule is [N-]=[N+]=N[C@]1(COC(=O)c2ccccc2)O[C@@H](N2C=CC(=O)CC2=O)[C@H](OC(=O)c2ccccc2)[C@@H]1F. The molecular weight excluding hydrogens is 475 g/mol. The van der Waals surface area contributed by atoms with E-state index < -0.39 is 60.9 Å². The fraction of sp³-hybridized carbons (Fsp3) is 0.250. The lowest BCUT2D eigenvalue weighted by molar-refractivity contribution is -0.159. The summed E-state index contributed by atoms with van der Waals surface area (Å²) < 4.78 is 32.2. The molecule has 2 aliphatic heterocycles. The Balaban J connectivity index is 1.65. The maximum Gasteiger partial charge on any atom is 0.338 e. The molecule has 0 spiro atoms. The Kier molecular flexibility index (Phi) is 7.09. The van der Waals surface area contributed by atoms with Crippen molar-refractivity contribution in [1.82, 2.24) is 4.90 Å². The summed E-state index contributed by atoms with van der Waals surface area (Å²) in [6, 6.07) is 15.5. The molecule has 36 heavy (non-hydrogen) atoms. The number of allylic oxidation sites excluding steroid dienone is 1. The minimum atomic E-state index is -2.47. The van der Waals surface area contributed by atoms with Gasteiger partial charge in [0, 0.05) is 11.1 Å². The molecule has 2 aliphatic rings. The summed E-state index contributed by atoms with van der Waals surface area (Å²) in [5.41, 5.74) is 6.92. The van der Waals surface area contributed by atoms with Gasteiger partial charge in [0.05, 0.1) is 17.5 Å². The summed E-state index contributed by atoms with van der Waals surface area (Å²) in [5.74, 6) is -3.01. The van der Waals surface area contributed by atoms with E-state index in [-0.39, 0.29) is 11.1 Å².